The summed E-state index contributed by atoms with van der Waals surface area (Å²) < 4.78 is 46.9. The van der Waals surface area contributed by atoms with E-state index < -0.39 is 15.8 Å². The number of likely N-dealkylation sites (N-methyl/N-ethyl adjacent to an activating group) is 1. The fourth-order valence-corrected chi connectivity index (χ4v) is 3.79. The molecular formula is C17H20FN3O3S. The molecule has 3 rings (SSSR count). The van der Waals surface area contributed by atoms with Crippen LogP contribution in [0.5, 0.6) is 5.75 Å². The predicted octanol–water partition coefficient (Wildman–Crippen LogP) is 2.17. The lowest BCUT2D eigenvalue weighted by atomic mass is 10.2. The number of sulfonamides is 1. The average molecular weight is 365 g/mol. The third-order valence-electron chi connectivity index (χ3n) is 4.14. The van der Waals surface area contributed by atoms with Gasteiger partial charge in [0.25, 0.3) is 0 Å². The lowest BCUT2D eigenvalue weighted by molar-refractivity contribution is 0.414. The molecule has 0 aromatic heterocycles. The Labute approximate surface area is 146 Å². The number of nitrogens with one attached hydrogen (secondary N) is 2. The standard InChI is InChI=1S/C17H20FN3O3S/c1-21-8-7-19-15-10-17(14(18)9-16(15)21)25(22,23)20-11-12-3-5-13(24-2)6-4-12/h3-6,9-10,19-20H,7-8,11H2,1-2H3. The molecule has 0 bridgehead atoms. The van der Waals surface area contributed by atoms with Gasteiger partial charge in [-0.3, -0.25) is 0 Å². The van der Waals surface area contributed by atoms with Gasteiger partial charge < -0.3 is 15.0 Å². The first-order chi connectivity index (χ1) is 11.9. The van der Waals surface area contributed by atoms with Gasteiger partial charge in [-0.05, 0) is 23.8 Å². The molecule has 2 aromatic carbocycles. The molecule has 25 heavy (non-hydrogen) atoms. The van der Waals surface area contributed by atoms with Crippen molar-refractivity contribution in [3.63, 3.8) is 0 Å². The van der Waals surface area contributed by atoms with Crippen LogP contribution in [0.1, 0.15) is 5.56 Å². The Kier molecular flexibility index (Phi) is 4.82. The second kappa shape index (κ2) is 6.89. The fourth-order valence-electron chi connectivity index (χ4n) is 2.68. The van der Waals surface area contributed by atoms with E-state index in [9.17, 15) is 12.8 Å². The van der Waals surface area contributed by atoms with Crippen LogP contribution in [0.15, 0.2) is 41.3 Å². The molecule has 2 N–H and O–H groups in total. The van der Waals surface area contributed by atoms with Crippen LogP contribution >= 0.6 is 0 Å². The van der Waals surface area contributed by atoms with Crippen LogP contribution in [-0.2, 0) is 16.6 Å². The fraction of sp³-hybridized carbons (Fsp3) is 0.294. The highest BCUT2D eigenvalue weighted by atomic mass is 32.2. The van der Waals surface area contributed by atoms with E-state index in [0.717, 1.165) is 12.1 Å². The minimum Gasteiger partial charge on any atom is -0.497 e. The first-order valence-electron chi connectivity index (χ1n) is 7.82. The maximum absolute atomic E-state index is 14.4. The number of anilines is 2. The zero-order valence-electron chi connectivity index (χ0n) is 14.0. The molecule has 0 unspecified atom stereocenters. The van der Waals surface area contributed by atoms with Crippen LogP contribution in [0.25, 0.3) is 0 Å². The first kappa shape index (κ1) is 17.5. The molecule has 1 aliphatic heterocycles. The van der Waals surface area contributed by atoms with Crippen molar-refractivity contribution in [2.24, 2.45) is 0 Å². The summed E-state index contributed by atoms with van der Waals surface area (Å²) >= 11 is 0. The number of methoxy groups -OCH3 is 1. The summed E-state index contributed by atoms with van der Waals surface area (Å²) in [6.45, 7) is 1.47. The number of benzene rings is 2. The topological polar surface area (TPSA) is 70.7 Å². The van der Waals surface area contributed by atoms with Gasteiger partial charge in [0.05, 0.1) is 18.5 Å². The Morgan fingerprint density at radius 3 is 2.68 bits per heavy atom. The molecule has 0 atom stereocenters. The van der Waals surface area contributed by atoms with Gasteiger partial charge >= 0.3 is 0 Å². The molecule has 0 aliphatic carbocycles. The highest BCUT2D eigenvalue weighted by molar-refractivity contribution is 7.89. The quantitative estimate of drug-likeness (QED) is 0.850. The molecule has 8 heteroatoms. The van der Waals surface area contributed by atoms with Gasteiger partial charge in [0.15, 0.2) is 0 Å². The summed E-state index contributed by atoms with van der Waals surface area (Å²) in [7, 11) is -0.570. The Bertz CT molecular complexity index is 869. The van der Waals surface area contributed by atoms with Gasteiger partial charge in [-0.25, -0.2) is 17.5 Å². The summed E-state index contributed by atoms with van der Waals surface area (Å²) in [6.07, 6.45) is 0. The zero-order chi connectivity index (χ0) is 18.0. The van der Waals surface area contributed by atoms with Crippen molar-refractivity contribution in [2.75, 3.05) is 37.5 Å². The molecule has 0 amide bonds. The number of hydrogen-bond acceptors (Lipinski definition) is 5. The van der Waals surface area contributed by atoms with Crippen LogP contribution < -0.4 is 19.7 Å². The maximum atomic E-state index is 14.4. The molecule has 2 aromatic rings. The summed E-state index contributed by atoms with van der Waals surface area (Å²) in [5, 5.41) is 3.10. The highest BCUT2D eigenvalue weighted by Gasteiger charge is 2.24. The largest absolute Gasteiger partial charge is 0.497 e. The molecule has 0 radical (unpaired) electrons. The van der Waals surface area contributed by atoms with Crippen molar-refractivity contribution in [1.82, 2.24) is 4.72 Å². The smallest absolute Gasteiger partial charge is 0.243 e. The average Bonchev–Trinajstić information content (AvgIpc) is 2.61. The van der Waals surface area contributed by atoms with Crippen LogP contribution in [0.4, 0.5) is 15.8 Å². The molecule has 0 saturated heterocycles. The molecule has 134 valence electrons. The van der Waals surface area contributed by atoms with E-state index in [1.54, 1.807) is 31.4 Å². The van der Waals surface area contributed by atoms with Gasteiger partial charge in [0.1, 0.15) is 16.5 Å². The van der Waals surface area contributed by atoms with Gasteiger partial charge in [0, 0.05) is 32.7 Å². The molecule has 0 saturated carbocycles. The number of fused-ring (bicyclic) bond motifs is 1. The van der Waals surface area contributed by atoms with Crippen LogP contribution in [0.2, 0.25) is 0 Å². The second-order valence-corrected chi connectivity index (χ2v) is 7.56. The minimum absolute atomic E-state index is 0.0657. The lowest BCUT2D eigenvalue weighted by Gasteiger charge is -2.29. The third-order valence-corrected chi connectivity index (χ3v) is 5.56. The van der Waals surface area contributed by atoms with Gasteiger partial charge in [-0.2, -0.15) is 0 Å². The van der Waals surface area contributed by atoms with Crippen LogP contribution in [0.3, 0.4) is 0 Å². The van der Waals surface area contributed by atoms with Crippen molar-refractivity contribution in [1.29, 1.82) is 0 Å². The molecule has 0 fully saturated rings. The predicted molar refractivity (Wildman–Crippen MR) is 95.2 cm³/mol. The molecule has 6 nitrogen and oxygen atoms in total. The van der Waals surface area contributed by atoms with Crippen molar-refractivity contribution in [3.8, 4) is 5.75 Å². The lowest BCUT2D eigenvalue weighted by Crippen LogP contribution is -2.31. The summed E-state index contributed by atoms with van der Waals surface area (Å²) in [5.41, 5.74) is 2.01. The van der Waals surface area contributed by atoms with E-state index in [1.165, 1.54) is 12.1 Å². The number of rotatable bonds is 5. The molecular weight excluding hydrogens is 345 g/mol. The van der Waals surface area contributed by atoms with E-state index in [0.29, 0.717) is 23.7 Å². The highest BCUT2D eigenvalue weighted by Crippen LogP contribution is 2.32. The maximum Gasteiger partial charge on any atom is 0.243 e. The number of hydrogen-bond donors (Lipinski definition) is 2. The molecule has 1 aliphatic rings. The summed E-state index contributed by atoms with van der Waals surface area (Å²) in [6, 6.07) is 9.58. The Balaban J connectivity index is 1.82. The van der Waals surface area contributed by atoms with E-state index in [4.69, 9.17) is 4.74 Å². The van der Waals surface area contributed by atoms with E-state index in [1.807, 2.05) is 11.9 Å². The Morgan fingerprint density at radius 2 is 2.00 bits per heavy atom. The van der Waals surface area contributed by atoms with Gasteiger partial charge in [-0.15, -0.1) is 0 Å². The van der Waals surface area contributed by atoms with Gasteiger partial charge in [0.2, 0.25) is 10.0 Å². The van der Waals surface area contributed by atoms with E-state index >= 15 is 0 Å². The van der Waals surface area contributed by atoms with Crippen molar-refractivity contribution >= 4 is 21.4 Å². The van der Waals surface area contributed by atoms with Crippen LogP contribution in [-0.4, -0.2) is 35.7 Å². The Hall–Kier alpha value is -2.32. The first-order valence-corrected chi connectivity index (χ1v) is 9.30. The number of nitrogens with zero attached hydrogens (tertiary/aromatic N) is 1. The van der Waals surface area contributed by atoms with Crippen molar-refractivity contribution in [3.05, 3.63) is 47.8 Å². The zero-order valence-corrected chi connectivity index (χ0v) is 14.9. The van der Waals surface area contributed by atoms with Crippen molar-refractivity contribution < 1.29 is 17.5 Å². The van der Waals surface area contributed by atoms with E-state index in [-0.39, 0.29) is 11.4 Å². The molecule has 0 spiro atoms. The summed E-state index contributed by atoms with van der Waals surface area (Å²) in [5.74, 6) is -0.0842. The Morgan fingerprint density at radius 1 is 1.28 bits per heavy atom. The number of halogens is 1. The summed E-state index contributed by atoms with van der Waals surface area (Å²) in [4.78, 5) is 1.53. The SMILES string of the molecule is COc1ccc(CNS(=O)(=O)c2cc3c(cc2F)N(C)CCN3)cc1. The monoisotopic (exact) mass is 365 g/mol. The second-order valence-electron chi connectivity index (χ2n) is 5.82. The third kappa shape index (κ3) is 3.69. The normalized spacial score (nSPS) is 14.0. The van der Waals surface area contributed by atoms with Gasteiger partial charge in [-0.1, -0.05) is 12.1 Å². The minimum atomic E-state index is -3.97. The van der Waals surface area contributed by atoms with E-state index in [2.05, 4.69) is 10.0 Å². The number of ether oxygens (including phenoxy) is 1. The molecule has 1 heterocycles. The van der Waals surface area contributed by atoms with Crippen LogP contribution in [0, 0.1) is 5.82 Å². The van der Waals surface area contributed by atoms with Crippen molar-refractivity contribution in [2.45, 2.75) is 11.4 Å².